The largest absolute Gasteiger partial charge is 0.368 e. The van der Waals surface area contributed by atoms with Crippen LogP contribution in [0.3, 0.4) is 0 Å². The molecule has 0 unspecified atom stereocenters. The summed E-state index contributed by atoms with van der Waals surface area (Å²) in [4.78, 5) is 14.3. The van der Waals surface area contributed by atoms with Crippen LogP contribution in [-0.4, -0.2) is 28.8 Å². The third-order valence-corrected chi connectivity index (χ3v) is 2.50. The van der Waals surface area contributed by atoms with Crippen LogP contribution in [0.2, 0.25) is 5.15 Å². The molecule has 1 aliphatic rings. The van der Waals surface area contributed by atoms with E-state index in [1.165, 1.54) is 0 Å². The van der Waals surface area contributed by atoms with Gasteiger partial charge in [0, 0.05) is 12.3 Å². The Hall–Kier alpha value is -1.36. The number of nitrogens with two attached hydrogens (primary N) is 1. The van der Waals surface area contributed by atoms with Gasteiger partial charge in [0.05, 0.1) is 6.54 Å². The molecular formula is C9H12ClN5. The van der Waals surface area contributed by atoms with Crippen molar-refractivity contribution in [2.75, 3.05) is 17.2 Å². The minimum Gasteiger partial charge on any atom is -0.368 e. The van der Waals surface area contributed by atoms with Crippen molar-refractivity contribution in [3.8, 4) is 0 Å². The first-order valence-corrected chi connectivity index (χ1v) is 5.09. The molecule has 0 bridgehead atoms. The van der Waals surface area contributed by atoms with E-state index in [4.69, 9.17) is 17.3 Å². The Kier molecular flexibility index (Phi) is 2.48. The summed E-state index contributed by atoms with van der Waals surface area (Å²) in [7, 11) is 0. The Balaban J connectivity index is 2.56. The molecule has 2 rings (SSSR count). The number of anilines is 2. The van der Waals surface area contributed by atoms with E-state index in [0.717, 1.165) is 6.54 Å². The lowest BCUT2D eigenvalue weighted by atomic mass is 10.2. The quantitative estimate of drug-likeness (QED) is 0.738. The van der Waals surface area contributed by atoms with Crippen molar-refractivity contribution in [3.05, 3.63) is 5.15 Å². The Bertz CT molecular complexity index is 415. The van der Waals surface area contributed by atoms with Crippen molar-refractivity contribution in [2.45, 2.75) is 19.9 Å². The molecule has 5 nitrogen and oxygen atoms in total. The molecule has 0 saturated heterocycles. The highest BCUT2D eigenvalue weighted by Gasteiger charge is 2.21. The Morgan fingerprint density at radius 3 is 2.87 bits per heavy atom. The van der Waals surface area contributed by atoms with E-state index >= 15 is 0 Å². The molecule has 6 heteroatoms. The van der Waals surface area contributed by atoms with Crippen molar-refractivity contribution in [1.29, 1.82) is 0 Å². The fourth-order valence-electron chi connectivity index (χ4n) is 1.51. The predicted molar refractivity (Wildman–Crippen MR) is 62.1 cm³/mol. The van der Waals surface area contributed by atoms with Crippen LogP contribution in [0, 0.1) is 0 Å². The molecule has 80 valence electrons. The highest BCUT2D eigenvalue weighted by Crippen LogP contribution is 2.35. The predicted octanol–water partition coefficient (Wildman–Crippen LogP) is 1.64. The Labute approximate surface area is 93.0 Å². The molecule has 2 heterocycles. The topological polar surface area (TPSA) is 67.4 Å². The fraction of sp³-hybridized carbons (Fsp3) is 0.444. The van der Waals surface area contributed by atoms with E-state index in [-0.39, 0.29) is 5.95 Å². The van der Waals surface area contributed by atoms with Gasteiger partial charge in [0.1, 0.15) is 5.69 Å². The van der Waals surface area contributed by atoms with Crippen LogP contribution in [0.1, 0.15) is 13.8 Å². The lowest BCUT2D eigenvalue weighted by Crippen LogP contribution is -2.35. The van der Waals surface area contributed by atoms with Crippen molar-refractivity contribution in [2.24, 2.45) is 4.99 Å². The van der Waals surface area contributed by atoms with Crippen LogP contribution in [0.25, 0.3) is 0 Å². The van der Waals surface area contributed by atoms with Gasteiger partial charge in [0.15, 0.2) is 11.0 Å². The van der Waals surface area contributed by atoms with Gasteiger partial charge < -0.3 is 10.6 Å². The SMILES string of the molecule is CC(C)N1CC=Nc2c(Cl)nc(N)nc21. The first-order chi connectivity index (χ1) is 7.09. The second-order valence-corrected chi connectivity index (χ2v) is 3.96. The van der Waals surface area contributed by atoms with Crippen LogP contribution >= 0.6 is 11.6 Å². The van der Waals surface area contributed by atoms with Gasteiger partial charge in [-0.2, -0.15) is 9.97 Å². The number of halogens is 1. The molecule has 1 aromatic heterocycles. The number of fused-ring (bicyclic) bond motifs is 1. The molecule has 0 saturated carbocycles. The zero-order chi connectivity index (χ0) is 11.0. The number of rotatable bonds is 1. The lowest BCUT2D eigenvalue weighted by Gasteiger charge is -2.29. The highest BCUT2D eigenvalue weighted by molar-refractivity contribution is 6.32. The summed E-state index contributed by atoms with van der Waals surface area (Å²) < 4.78 is 0. The summed E-state index contributed by atoms with van der Waals surface area (Å²) in [5, 5.41) is 0.305. The average Bonchev–Trinajstić information content (AvgIpc) is 2.16. The fourth-order valence-corrected chi connectivity index (χ4v) is 1.73. The van der Waals surface area contributed by atoms with Crippen molar-refractivity contribution in [1.82, 2.24) is 9.97 Å². The number of hydrogen-bond acceptors (Lipinski definition) is 5. The molecule has 0 aliphatic carbocycles. The summed E-state index contributed by atoms with van der Waals surface area (Å²) in [6.45, 7) is 4.88. The standard InChI is InChI=1S/C9H12ClN5/c1-5(2)15-4-3-12-6-7(10)13-9(11)14-8(6)15/h3,5H,4H2,1-2H3,(H2,11,13,14). The molecule has 0 radical (unpaired) electrons. The minimum atomic E-state index is 0.182. The third-order valence-electron chi connectivity index (χ3n) is 2.23. The molecule has 1 aliphatic heterocycles. The number of aliphatic imine (C=N–C) groups is 1. The van der Waals surface area contributed by atoms with Gasteiger partial charge in [0.2, 0.25) is 5.95 Å². The first kappa shape index (κ1) is 10.2. The summed E-state index contributed by atoms with van der Waals surface area (Å²) in [6.07, 6.45) is 1.80. The molecular weight excluding hydrogens is 214 g/mol. The van der Waals surface area contributed by atoms with Crippen LogP contribution in [0.4, 0.5) is 17.5 Å². The summed E-state index contributed by atoms with van der Waals surface area (Å²) in [5.41, 5.74) is 6.16. The number of aromatic nitrogens is 2. The summed E-state index contributed by atoms with van der Waals surface area (Å²) >= 11 is 5.95. The molecule has 1 aromatic rings. The maximum Gasteiger partial charge on any atom is 0.223 e. The molecule has 0 atom stereocenters. The number of hydrogen-bond donors (Lipinski definition) is 1. The Morgan fingerprint density at radius 1 is 1.47 bits per heavy atom. The average molecular weight is 226 g/mol. The lowest BCUT2D eigenvalue weighted by molar-refractivity contribution is 0.719. The van der Waals surface area contributed by atoms with E-state index in [9.17, 15) is 0 Å². The second kappa shape index (κ2) is 3.66. The van der Waals surface area contributed by atoms with E-state index in [0.29, 0.717) is 22.7 Å². The monoisotopic (exact) mass is 225 g/mol. The molecule has 0 fully saturated rings. The van der Waals surface area contributed by atoms with E-state index in [2.05, 4.69) is 33.7 Å². The summed E-state index contributed by atoms with van der Waals surface area (Å²) in [5.74, 6) is 0.895. The van der Waals surface area contributed by atoms with Gasteiger partial charge in [-0.05, 0) is 13.8 Å². The normalized spacial score (nSPS) is 14.5. The summed E-state index contributed by atoms with van der Waals surface area (Å²) in [6, 6.07) is 0.320. The van der Waals surface area contributed by atoms with Crippen molar-refractivity contribution < 1.29 is 0 Å². The number of nitrogens with zero attached hydrogens (tertiary/aromatic N) is 4. The smallest absolute Gasteiger partial charge is 0.223 e. The highest BCUT2D eigenvalue weighted by atomic mass is 35.5. The van der Waals surface area contributed by atoms with E-state index in [1.54, 1.807) is 6.21 Å². The third kappa shape index (κ3) is 1.74. The zero-order valence-corrected chi connectivity index (χ0v) is 9.36. The van der Waals surface area contributed by atoms with Crippen LogP contribution in [-0.2, 0) is 0 Å². The molecule has 0 aromatic carbocycles. The van der Waals surface area contributed by atoms with Crippen molar-refractivity contribution in [3.63, 3.8) is 0 Å². The van der Waals surface area contributed by atoms with Gasteiger partial charge in [-0.1, -0.05) is 11.6 Å². The van der Waals surface area contributed by atoms with Gasteiger partial charge in [-0.3, -0.25) is 4.99 Å². The maximum absolute atomic E-state index is 5.95. The molecule has 0 spiro atoms. The number of nitrogen functional groups attached to an aromatic ring is 1. The van der Waals surface area contributed by atoms with Gasteiger partial charge in [0.25, 0.3) is 0 Å². The van der Waals surface area contributed by atoms with Gasteiger partial charge in [-0.15, -0.1) is 0 Å². The first-order valence-electron chi connectivity index (χ1n) is 4.71. The van der Waals surface area contributed by atoms with Crippen LogP contribution < -0.4 is 10.6 Å². The van der Waals surface area contributed by atoms with Crippen molar-refractivity contribution >= 4 is 35.3 Å². The van der Waals surface area contributed by atoms with E-state index < -0.39 is 0 Å². The molecule has 0 amide bonds. The van der Waals surface area contributed by atoms with E-state index in [1.807, 2.05) is 0 Å². The Morgan fingerprint density at radius 2 is 2.20 bits per heavy atom. The molecule has 2 N–H and O–H groups in total. The zero-order valence-electron chi connectivity index (χ0n) is 8.61. The van der Waals surface area contributed by atoms with Crippen LogP contribution in [0.5, 0.6) is 0 Å². The molecule has 15 heavy (non-hydrogen) atoms. The van der Waals surface area contributed by atoms with Gasteiger partial charge in [-0.25, -0.2) is 0 Å². The van der Waals surface area contributed by atoms with Crippen LogP contribution in [0.15, 0.2) is 4.99 Å². The minimum absolute atomic E-state index is 0.182. The van der Waals surface area contributed by atoms with Gasteiger partial charge >= 0.3 is 0 Å². The second-order valence-electron chi connectivity index (χ2n) is 3.60. The maximum atomic E-state index is 5.95.